The van der Waals surface area contributed by atoms with Crippen LogP contribution in [0.25, 0.3) is 0 Å². The molecule has 9 N–H and O–H groups in total. The molecule has 0 aromatic heterocycles. The number of amides is 3. The van der Waals surface area contributed by atoms with Gasteiger partial charge in [-0.2, -0.15) is 0 Å². The van der Waals surface area contributed by atoms with E-state index in [1.165, 1.54) is 6.92 Å². The van der Waals surface area contributed by atoms with E-state index in [-0.39, 0.29) is 6.42 Å². The Morgan fingerprint density at radius 1 is 0.833 bits per heavy atom. The third-order valence-corrected chi connectivity index (χ3v) is 4.23. The van der Waals surface area contributed by atoms with E-state index in [1.807, 2.05) is 0 Å². The Bertz CT molecular complexity index is 624. The molecule has 0 radical (unpaired) electrons. The molecule has 4 unspecified atom stereocenters. The van der Waals surface area contributed by atoms with E-state index in [0.717, 1.165) is 0 Å². The molecule has 172 valence electrons. The molecule has 0 aliphatic rings. The third-order valence-electron chi connectivity index (χ3n) is 4.23. The summed E-state index contributed by atoms with van der Waals surface area (Å²) in [4.78, 5) is 59.2. The molecule has 0 saturated heterocycles. The number of hydrogen-bond acceptors (Lipinski definition) is 7. The number of carboxylic acid groups (broad SMARTS) is 2. The number of nitrogens with two attached hydrogens (primary N) is 2. The van der Waals surface area contributed by atoms with Crippen LogP contribution < -0.4 is 27.4 Å². The van der Waals surface area contributed by atoms with Crippen molar-refractivity contribution in [1.29, 1.82) is 0 Å². The van der Waals surface area contributed by atoms with Gasteiger partial charge >= 0.3 is 11.9 Å². The molecule has 30 heavy (non-hydrogen) atoms. The Balaban J connectivity index is 5.33. The van der Waals surface area contributed by atoms with Crippen molar-refractivity contribution < 1.29 is 34.2 Å². The van der Waals surface area contributed by atoms with Crippen molar-refractivity contribution in [3.05, 3.63) is 0 Å². The fourth-order valence-corrected chi connectivity index (χ4v) is 2.49. The van der Waals surface area contributed by atoms with Gasteiger partial charge in [0.1, 0.15) is 18.1 Å². The van der Waals surface area contributed by atoms with E-state index in [1.54, 1.807) is 13.8 Å². The Morgan fingerprint density at radius 3 is 1.83 bits per heavy atom. The summed E-state index contributed by atoms with van der Waals surface area (Å²) in [7, 11) is 0. The average molecular weight is 431 g/mol. The first-order valence-electron chi connectivity index (χ1n) is 9.72. The van der Waals surface area contributed by atoms with E-state index in [4.69, 9.17) is 21.7 Å². The summed E-state index contributed by atoms with van der Waals surface area (Å²) in [6, 6.07) is -4.59. The van der Waals surface area contributed by atoms with Gasteiger partial charge in [-0.15, -0.1) is 0 Å². The van der Waals surface area contributed by atoms with Crippen molar-refractivity contribution in [2.75, 3.05) is 6.54 Å². The molecule has 0 rings (SSSR count). The van der Waals surface area contributed by atoms with E-state index >= 15 is 0 Å². The molecule has 0 fully saturated rings. The molecule has 12 heteroatoms. The van der Waals surface area contributed by atoms with Gasteiger partial charge in [-0.3, -0.25) is 19.2 Å². The number of hydrogen-bond donors (Lipinski definition) is 7. The smallest absolute Gasteiger partial charge is 0.326 e. The first-order chi connectivity index (χ1) is 13.9. The Hall–Kier alpha value is -2.73. The Kier molecular flexibility index (Phi) is 12.3. The molecule has 0 bridgehead atoms. The van der Waals surface area contributed by atoms with Crippen molar-refractivity contribution in [2.24, 2.45) is 17.4 Å². The van der Waals surface area contributed by atoms with Crippen LogP contribution in [0.3, 0.4) is 0 Å². The van der Waals surface area contributed by atoms with Crippen LogP contribution in [0.2, 0.25) is 0 Å². The molecule has 0 heterocycles. The monoisotopic (exact) mass is 431 g/mol. The SMILES string of the molecule is CC(N)C(=O)NC(CCCCN)C(=O)NC(C(=O)NC(CC(=O)O)C(=O)O)C(C)C. The van der Waals surface area contributed by atoms with Gasteiger partial charge in [0.15, 0.2) is 0 Å². The molecule has 4 atom stereocenters. The second-order valence-electron chi connectivity index (χ2n) is 7.36. The summed E-state index contributed by atoms with van der Waals surface area (Å²) in [5, 5.41) is 25.1. The largest absolute Gasteiger partial charge is 0.481 e. The van der Waals surface area contributed by atoms with Crippen LogP contribution >= 0.6 is 0 Å². The van der Waals surface area contributed by atoms with Crippen LogP contribution in [0.15, 0.2) is 0 Å². The standard InChI is InChI=1S/C18H33N5O7/c1-9(2)14(17(28)22-12(18(29)30)8-13(24)25)23-16(27)11(6-4-5-7-19)21-15(26)10(3)20/h9-12,14H,4-8,19-20H2,1-3H3,(H,21,26)(H,22,28)(H,23,27)(H,24,25)(H,29,30). The number of unbranched alkanes of at least 4 members (excludes halogenated alkanes) is 1. The maximum Gasteiger partial charge on any atom is 0.326 e. The topological polar surface area (TPSA) is 214 Å². The number of nitrogens with one attached hydrogen (secondary N) is 3. The van der Waals surface area contributed by atoms with Crippen LogP contribution in [-0.4, -0.2) is 70.6 Å². The van der Waals surface area contributed by atoms with E-state index in [9.17, 15) is 24.0 Å². The second kappa shape index (κ2) is 13.5. The summed E-state index contributed by atoms with van der Waals surface area (Å²) in [6.07, 6.45) is 0.629. The molecule has 12 nitrogen and oxygen atoms in total. The normalized spacial score (nSPS) is 14.9. The number of carbonyl (C=O) groups is 5. The zero-order valence-electron chi connectivity index (χ0n) is 17.5. The highest BCUT2D eigenvalue weighted by atomic mass is 16.4. The summed E-state index contributed by atoms with van der Waals surface area (Å²) in [6.45, 7) is 5.12. The predicted octanol–water partition coefficient (Wildman–Crippen LogP) is -1.87. The lowest BCUT2D eigenvalue weighted by Gasteiger charge is -2.26. The van der Waals surface area contributed by atoms with Crippen molar-refractivity contribution >= 4 is 29.7 Å². The van der Waals surface area contributed by atoms with Crippen molar-refractivity contribution in [3.8, 4) is 0 Å². The first-order valence-corrected chi connectivity index (χ1v) is 9.72. The Morgan fingerprint density at radius 2 is 1.40 bits per heavy atom. The number of carboxylic acids is 2. The highest BCUT2D eigenvalue weighted by Gasteiger charge is 2.32. The minimum atomic E-state index is -1.65. The fraction of sp³-hybridized carbons (Fsp3) is 0.722. The molecule has 3 amide bonds. The Labute approximate surface area is 175 Å². The summed E-state index contributed by atoms with van der Waals surface area (Å²) in [5.74, 6) is -5.37. The van der Waals surface area contributed by atoms with Crippen LogP contribution in [0.1, 0.15) is 46.5 Å². The van der Waals surface area contributed by atoms with Gasteiger partial charge in [0.2, 0.25) is 17.7 Å². The molecule has 0 aliphatic heterocycles. The van der Waals surface area contributed by atoms with Crippen LogP contribution in [0.5, 0.6) is 0 Å². The van der Waals surface area contributed by atoms with Crippen LogP contribution in [-0.2, 0) is 24.0 Å². The fourth-order valence-electron chi connectivity index (χ4n) is 2.49. The highest BCUT2D eigenvalue weighted by molar-refractivity contribution is 5.94. The molecular weight excluding hydrogens is 398 g/mol. The van der Waals surface area contributed by atoms with Gasteiger partial charge in [-0.1, -0.05) is 13.8 Å². The quantitative estimate of drug-likeness (QED) is 0.153. The lowest BCUT2D eigenvalue weighted by atomic mass is 10.0. The van der Waals surface area contributed by atoms with Crippen molar-refractivity contribution in [2.45, 2.75) is 70.6 Å². The molecule has 0 aromatic rings. The lowest BCUT2D eigenvalue weighted by molar-refractivity contribution is -0.147. The molecule has 0 spiro atoms. The zero-order valence-corrected chi connectivity index (χ0v) is 17.5. The number of carbonyl (C=O) groups excluding carboxylic acids is 3. The molecule has 0 saturated carbocycles. The van der Waals surface area contributed by atoms with E-state index < -0.39 is 66.2 Å². The molecule has 0 aromatic carbocycles. The lowest BCUT2D eigenvalue weighted by Crippen LogP contribution is -2.58. The second-order valence-corrected chi connectivity index (χ2v) is 7.36. The van der Waals surface area contributed by atoms with Gasteiger partial charge in [0.05, 0.1) is 12.5 Å². The zero-order chi connectivity index (χ0) is 23.4. The summed E-state index contributed by atoms with van der Waals surface area (Å²) in [5.41, 5.74) is 11.0. The maximum absolute atomic E-state index is 12.7. The van der Waals surface area contributed by atoms with Crippen molar-refractivity contribution in [1.82, 2.24) is 16.0 Å². The van der Waals surface area contributed by atoms with E-state index in [2.05, 4.69) is 16.0 Å². The average Bonchev–Trinajstić information content (AvgIpc) is 2.63. The van der Waals surface area contributed by atoms with Gasteiger partial charge in [-0.05, 0) is 38.6 Å². The molecule has 0 aliphatic carbocycles. The van der Waals surface area contributed by atoms with Gasteiger partial charge in [0, 0.05) is 0 Å². The van der Waals surface area contributed by atoms with E-state index in [0.29, 0.717) is 19.4 Å². The van der Waals surface area contributed by atoms with Gasteiger partial charge in [0.25, 0.3) is 0 Å². The number of aliphatic carboxylic acids is 2. The summed E-state index contributed by atoms with van der Waals surface area (Å²) < 4.78 is 0. The highest BCUT2D eigenvalue weighted by Crippen LogP contribution is 2.07. The van der Waals surface area contributed by atoms with Gasteiger partial charge < -0.3 is 37.6 Å². The maximum atomic E-state index is 12.7. The minimum Gasteiger partial charge on any atom is -0.481 e. The third kappa shape index (κ3) is 10.2. The van der Waals surface area contributed by atoms with Crippen molar-refractivity contribution in [3.63, 3.8) is 0 Å². The molecular formula is C18H33N5O7. The minimum absolute atomic E-state index is 0.269. The van der Waals surface area contributed by atoms with Crippen LogP contribution in [0, 0.1) is 5.92 Å². The number of rotatable bonds is 14. The predicted molar refractivity (Wildman–Crippen MR) is 107 cm³/mol. The van der Waals surface area contributed by atoms with Gasteiger partial charge in [-0.25, -0.2) is 4.79 Å². The first kappa shape index (κ1) is 27.3. The summed E-state index contributed by atoms with van der Waals surface area (Å²) >= 11 is 0. The van der Waals surface area contributed by atoms with Crippen LogP contribution in [0.4, 0.5) is 0 Å².